The Bertz CT molecular complexity index is 673. The standard InChI is InChI=1S/C13H12F3N3O2/c1-8(7-13(14,15)16)18-10-5-6-17-12-9(10)3-2-4-11(12)19(20)21/h2-6,8H,7H2,1H3,(H,17,18). The molecule has 8 heteroatoms. The highest BCUT2D eigenvalue weighted by Crippen LogP contribution is 2.30. The van der Waals surface area contributed by atoms with Crippen molar-refractivity contribution >= 4 is 22.3 Å². The Labute approximate surface area is 117 Å². The Morgan fingerprint density at radius 3 is 2.71 bits per heavy atom. The zero-order chi connectivity index (χ0) is 15.6. The lowest BCUT2D eigenvalue weighted by Gasteiger charge is -2.18. The van der Waals surface area contributed by atoms with Crippen molar-refractivity contribution < 1.29 is 18.1 Å². The fraction of sp³-hybridized carbons (Fsp3) is 0.308. The van der Waals surface area contributed by atoms with Crippen LogP contribution in [0.25, 0.3) is 10.9 Å². The normalized spacial score (nSPS) is 13.1. The monoisotopic (exact) mass is 299 g/mol. The second-order valence-electron chi connectivity index (χ2n) is 4.65. The Hall–Kier alpha value is -2.38. The number of nitrogens with one attached hydrogen (secondary N) is 1. The highest BCUT2D eigenvalue weighted by molar-refractivity contribution is 5.96. The lowest BCUT2D eigenvalue weighted by atomic mass is 10.1. The van der Waals surface area contributed by atoms with E-state index in [1.807, 2.05) is 0 Å². The smallest absolute Gasteiger partial charge is 0.382 e. The van der Waals surface area contributed by atoms with Crippen molar-refractivity contribution in [1.82, 2.24) is 4.98 Å². The number of nitro groups is 1. The molecule has 0 fully saturated rings. The fourth-order valence-electron chi connectivity index (χ4n) is 2.10. The van der Waals surface area contributed by atoms with E-state index in [0.29, 0.717) is 11.1 Å². The molecule has 0 aliphatic heterocycles. The van der Waals surface area contributed by atoms with Crippen molar-refractivity contribution in [2.24, 2.45) is 0 Å². The number of nitro benzene ring substituents is 1. The molecule has 0 bridgehead atoms. The maximum absolute atomic E-state index is 12.4. The molecule has 0 saturated carbocycles. The van der Waals surface area contributed by atoms with Gasteiger partial charge in [0.15, 0.2) is 0 Å². The van der Waals surface area contributed by atoms with Gasteiger partial charge in [0.2, 0.25) is 0 Å². The maximum Gasteiger partial charge on any atom is 0.391 e. The maximum atomic E-state index is 12.4. The van der Waals surface area contributed by atoms with Crippen LogP contribution in [0.3, 0.4) is 0 Å². The predicted molar refractivity (Wildman–Crippen MR) is 72.2 cm³/mol. The van der Waals surface area contributed by atoms with Gasteiger partial charge in [0.05, 0.1) is 11.3 Å². The number of para-hydroxylation sites is 1. The Morgan fingerprint density at radius 1 is 1.38 bits per heavy atom. The number of aromatic nitrogens is 1. The van der Waals surface area contributed by atoms with Gasteiger partial charge in [-0.25, -0.2) is 4.98 Å². The summed E-state index contributed by atoms with van der Waals surface area (Å²) in [5.41, 5.74) is 0.354. The summed E-state index contributed by atoms with van der Waals surface area (Å²) in [7, 11) is 0. The van der Waals surface area contributed by atoms with Gasteiger partial charge in [0, 0.05) is 29.4 Å². The number of hydrogen-bond donors (Lipinski definition) is 1. The van der Waals surface area contributed by atoms with E-state index in [4.69, 9.17) is 0 Å². The van der Waals surface area contributed by atoms with Crippen LogP contribution in [0, 0.1) is 10.1 Å². The van der Waals surface area contributed by atoms with Crippen LogP contribution in [0.2, 0.25) is 0 Å². The molecule has 0 saturated heterocycles. The van der Waals surface area contributed by atoms with Gasteiger partial charge in [-0.3, -0.25) is 10.1 Å². The Kier molecular flexibility index (Phi) is 3.97. The second-order valence-corrected chi connectivity index (χ2v) is 4.65. The van der Waals surface area contributed by atoms with Crippen LogP contribution in [0.4, 0.5) is 24.5 Å². The van der Waals surface area contributed by atoms with E-state index < -0.39 is 23.6 Å². The summed E-state index contributed by atoms with van der Waals surface area (Å²) in [6.07, 6.45) is -3.94. The van der Waals surface area contributed by atoms with E-state index in [0.717, 1.165) is 0 Å². The summed E-state index contributed by atoms with van der Waals surface area (Å²) in [4.78, 5) is 14.3. The second kappa shape index (κ2) is 5.55. The van der Waals surface area contributed by atoms with Crippen LogP contribution in [0.5, 0.6) is 0 Å². The summed E-state index contributed by atoms with van der Waals surface area (Å²) in [5.74, 6) is 0. The van der Waals surface area contributed by atoms with E-state index in [1.165, 1.54) is 31.3 Å². The summed E-state index contributed by atoms with van der Waals surface area (Å²) >= 11 is 0. The first-order valence-corrected chi connectivity index (χ1v) is 6.13. The quantitative estimate of drug-likeness (QED) is 0.687. The molecule has 1 atom stereocenters. The van der Waals surface area contributed by atoms with E-state index >= 15 is 0 Å². The van der Waals surface area contributed by atoms with E-state index in [2.05, 4.69) is 10.3 Å². The van der Waals surface area contributed by atoms with E-state index in [1.54, 1.807) is 6.07 Å². The highest BCUT2D eigenvalue weighted by atomic mass is 19.4. The number of hydrogen-bond acceptors (Lipinski definition) is 4. The molecule has 0 radical (unpaired) electrons. The van der Waals surface area contributed by atoms with Gasteiger partial charge in [-0.2, -0.15) is 13.2 Å². The predicted octanol–water partition coefficient (Wildman–Crippen LogP) is 3.90. The van der Waals surface area contributed by atoms with Crippen molar-refractivity contribution in [3.8, 4) is 0 Å². The minimum absolute atomic E-state index is 0.145. The molecule has 1 unspecified atom stereocenters. The first-order valence-electron chi connectivity index (χ1n) is 6.13. The van der Waals surface area contributed by atoms with Crippen molar-refractivity contribution in [3.63, 3.8) is 0 Å². The average Bonchev–Trinajstić information content (AvgIpc) is 2.36. The zero-order valence-electron chi connectivity index (χ0n) is 11.0. The average molecular weight is 299 g/mol. The number of rotatable bonds is 4. The lowest BCUT2D eigenvalue weighted by molar-refractivity contribution is -0.383. The van der Waals surface area contributed by atoms with Crippen LogP contribution in [0.15, 0.2) is 30.5 Å². The number of halogens is 3. The molecule has 1 aromatic carbocycles. The van der Waals surface area contributed by atoms with Gasteiger partial charge in [-0.1, -0.05) is 12.1 Å². The lowest BCUT2D eigenvalue weighted by Crippen LogP contribution is -2.24. The third-order valence-electron chi connectivity index (χ3n) is 2.89. The third kappa shape index (κ3) is 3.59. The summed E-state index contributed by atoms with van der Waals surface area (Å²) in [6, 6.07) is 5.01. The molecule has 1 aromatic heterocycles. The molecule has 2 aromatic rings. The van der Waals surface area contributed by atoms with Gasteiger partial charge in [0.25, 0.3) is 5.69 Å². The zero-order valence-corrected chi connectivity index (χ0v) is 11.0. The topological polar surface area (TPSA) is 68.1 Å². The number of alkyl halides is 3. The first-order chi connectivity index (χ1) is 9.78. The number of fused-ring (bicyclic) bond motifs is 1. The van der Waals surface area contributed by atoms with E-state index in [9.17, 15) is 23.3 Å². The molecule has 1 heterocycles. The Balaban J connectivity index is 2.37. The molecule has 5 nitrogen and oxygen atoms in total. The van der Waals surface area contributed by atoms with Gasteiger partial charge in [-0.15, -0.1) is 0 Å². The molecule has 112 valence electrons. The molecule has 0 aliphatic carbocycles. The van der Waals surface area contributed by atoms with E-state index in [-0.39, 0.29) is 11.2 Å². The number of benzene rings is 1. The van der Waals surface area contributed by atoms with Crippen LogP contribution in [-0.4, -0.2) is 22.1 Å². The van der Waals surface area contributed by atoms with Crippen LogP contribution in [-0.2, 0) is 0 Å². The first kappa shape index (κ1) is 15.0. The minimum Gasteiger partial charge on any atom is -0.382 e. The number of nitrogens with zero attached hydrogens (tertiary/aromatic N) is 2. The van der Waals surface area contributed by atoms with Crippen molar-refractivity contribution in [2.75, 3.05) is 5.32 Å². The molecular weight excluding hydrogens is 287 g/mol. The summed E-state index contributed by atoms with van der Waals surface area (Å²) in [6.45, 7) is 1.40. The Morgan fingerprint density at radius 2 is 2.10 bits per heavy atom. The molecule has 0 spiro atoms. The van der Waals surface area contributed by atoms with Crippen LogP contribution >= 0.6 is 0 Å². The molecule has 2 rings (SSSR count). The van der Waals surface area contributed by atoms with Crippen molar-refractivity contribution in [3.05, 3.63) is 40.6 Å². The van der Waals surface area contributed by atoms with Gasteiger partial charge < -0.3 is 5.32 Å². The number of anilines is 1. The highest BCUT2D eigenvalue weighted by Gasteiger charge is 2.30. The molecule has 0 aliphatic rings. The van der Waals surface area contributed by atoms with Gasteiger partial charge in [-0.05, 0) is 13.0 Å². The third-order valence-corrected chi connectivity index (χ3v) is 2.89. The SMILES string of the molecule is CC(CC(F)(F)F)Nc1ccnc2c([N+](=O)[O-])cccc12. The minimum atomic E-state index is -4.28. The molecule has 0 amide bonds. The van der Waals surface area contributed by atoms with Crippen LogP contribution < -0.4 is 5.32 Å². The van der Waals surface area contributed by atoms with Gasteiger partial charge >= 0.3 is 6.18 Å². The molecule has 21 heavy (non-hydrogen) atoms. The number of non-ortho nitro benzene ring substituents is 1. The van der Waals surface area contributed by atoms with Crippen LogP contribution in [0.1, 0.15) is 13.3 Å². The largest absolute Gasteiger partial charge is 0.391 e. The van der Waals surface area contributed by atoms with Gasteiger partial charge in [0.1, 0.15) is 5.52 Å². The summed E-state index contributed by atoms with van der Waals surface area (Å²) < 4.78 is 37.1. The fourth-order valence-corrected chi connectivity index (χ4v) is 2.10. The van der Waals surface area contributed by atoms with Crippen molar-refractivity contribution in [2.45, 2.75) is 25.6 Å². The molecular formula is C13H12F3N3O2. The summed E-state index contributed by atoms with van der Waals surface area (Å²) in [5, 5.41) is 14.1. The van der Waals surface area contributed by atoms with Crippen molar-refractivity contribution in [1.29, 1.82) is 0 Å². The number of pyridine rings is 1. The molecule has 1 N–H and O–H groups in total.